The number of nitrogen functional groups attached to an aromatic ring is 1. The van der Waals surface area contributed by atoms with Crippen molar-refractivity contribution in [3.8, 4) is 0 Å². The van der Waals surface area contributed by atoms with Gasteiger partial charge in [-0.1, -0.05) is 13.8 Å². The van der Waals surface area contributed by atoms with Gasteiger partial charge >= 0.3 is 0 Å². The van der Waals surface area contributed by atoms with Gasteiger partial charge in [-0.05, 0) is 11.8 Å². The molecule has 2 rings (SSSR count). The predicted molar refractivity (Wildman–Crippen MR) is 56.9 cm³/mol. The highest BCUT2D eigenvalue weighted by Crippen LogP contribution is 2.27. The number of nitrogens with zero attached hydrogens (tertiary/aromatic N) is 3. The summed E-state index contributed by atoms with van der Waals surface area (Å²) in [5.74, 6) is 1.17. The molecule has 0 radical (unpaired) electrons. The van der Waals surface area contributed by atoms with Crippen molar-refractivity contribution in [2.75, 3.05) is 23.7 Å². The van der Waals surface area contributed by atoms with Gasteiger partial charge in [-0.2, -0.15) is 4.98 Å². The average molecular weight is 210 g/mol. The Morgan fingerprint density at radius 2 is 2.00 bits per heavy atom. The molecule has 15 heavy (non-hydrogen) atoms. The molecule has 0 amide bonds. The van der Waals surface area contributed by atoms with Gasteiger partial charge in [-0.3, -0.25) is 0 Å². The lowest BCUT2D eigenvalue weighted by Gasteiger charge is -2.17. The fourth-order valence-corrected chi connectivity index (χ4v) is 1.90. The molecule has 2 atom stereocenters. The smallest absolute Gasteiger partial charge is 0.222 e. The van der Waals surface area contributed by atoms with Crippen molar-refractivity contribution in [2.24, 2.45) is 11.8 Å². The zero-order valence-electron chi connectivity index (χ0n) is 8.94. The fourth-order valence-electron chi connectivity index (χ4n) is 1.90. The van der Waals surface area contributed by atoms with Crippen LogP contribution in [0.1, 0.15) is 13.8 Å². The van der Waals surface area contributed by atoms with Crippen LogP contribution in [0.15, 0.2) is 6.20 Å². The molecule has 1 saturated heterocycles. The van der Waals surface area contributed by atoms with Crippen molar-refractivity contribution in [3.63, 3.8) is 0 Å². The Labute approximate surface area is 88.3 Å². The minimum Gasteiger partial charge on any atom is -0.368 e. The summed E-state index contributed by atoms with van der Waals surface area (Å²) in [4.78, 5) is 9.49. The molecule has 1 aromatic rings. The molecule has 1 fully saturated rings. The minimum atomic E-state index is -0.398. The number of nitrogens with two attached hydrogens (primary N) is 1. The van der Waals surface area contributed by atoms with E-state index in [0.717, 1.165) is 19.3 Å². The zero-order chi connectivity index (χ0) is 11.0. The van der Waals surface area contributed by atoms with E-state index in [2.05, 4.69) is 23.8 Å². The van der Waals surface area contributed by atoms with Crippen molar-refractivity contribution >= 4 is 11.8 Å². The van der Waals surface area contributed by atoms with E-state index in [0.29, 0.717) is 17.7 Å². The SMILES string of the molecule is CC1CN(c2nc(N)ncc2F)CC1C. The first kappa shape index (κ1) is 10.1. The molecule has 4 nitrogen and oxygen atoms in total. The second-order valence-electron chi connectivity index (χ2n) is 4.26. The molecule has 0 saturated carbocycles. The predicted octanol–water partition coefficient (Wildman–Crippen LogP) is 1.29. The number of halogens is 1. The second kappa shape index (κ2) is 3.64. The van der Waals surface area contributed by atoms with Gasteiger partial charge in [0.25, 0.3) is 0 Å². The Morgan fingerprint density at radius 3 is 2.60 bits per heavy atom. The van der Waals surface area contributed by atoms with Gasteiger partial charge < -0.3 is 10.6 Å². The lowest BCUT2D eigenvalue weighted by atomic mass is 10.0. The van der Waals surface area contributed by atoms with Crippen LogP contribution in [0.3, 0.4) is 0 Å². The topological polar surface area (TPSA) is 55.0 Å². The van der Waals surface area contributed by atoms with Gasteiger partial charge in [0.15, 0.2) is 11.6 Å². The summed E-state index contributed by atoms with van der Waals surface area (Å²) >= 11 is 0. The van der Waals surface area contributed by atoms with Crippen LogP contribution in [0.2, 0.25) is 0 Å². The molecule has 2 heterocycles. The standard InChI is InChI=1S/C10H15FN4/c1-6-4-15(5-7(6)2)9-8(11)3-13-10(12)14-9/h3,6-7H,4-5H2,1-2H3,(H2,12,13,14). The number of anilines is 2. The fraction of sp³-hybridized carbons (Fsp3) is 0.600. The number of hydrogen-bond donors (Lipinski definition) is 1. The monoisotopic (exact) mass is 210 g/mol. The third kappa shape index (κ3) is 1.86. The molecule has 82 valence electrons. The highest BCUT2D eigenvalue weighted by Gasteiger charge is 2.28. The van der Waals surface area contributed by atoms with E-state index in [9.17, 15) is 4.39 Å². The zero-order valence-corrected chi connectivity index (χ0v) is 8.94. The van der Waals surface area contributed by atoms with E-state index in [1.54, 1.807) is 0 Å². The quantitative estimate of drug-likeness (QED) is 0.758. The highest BCUT2D eigenvalue weighted by molar-refractivity contribution is 5.43. The van der Waals surface area contributed by atoms with Gasteiger partial charge in [0.1, 0.15) is 0 Å². The van der Waals surface area contributed by atoms with Gasteiger partial charge in [0, 0.05) is 13.1 Å². The molecular formula is C10H15FN4. The van der Waals surface area contributed by atoms with Crippen LogP contribution in [0, 0.1) is 17.7 Å². The normalized spacial score (nSPS) is 25.9. The largest absolute Gasteiger partial charge is 0.368 e. The van der Waals surface area contributed by atoms with Crippen LogP contribution in [-0.2, 0) is 0 Å². The van der Waals surface area contributed by atoms with Crippen LogP contribution in [-0.4, -0.2) is 23.1 Å². The molecule has 0 aliphatic carbocycles. The lowest BCUT2D eigenvalue weighted by molar-refractivity contribution is 0.494. The molecule has 1 aliphatic rings. The Morgan fingerprint density at radius 1 is 1.40 bits per heavy atom. The number of hydrogen-bond acceptors (Lipinski definition) is 4. The van der Waals surface area contributed by atoms with Crippen molar-refractivity contribution < 1.29 is 4.39 Å². The van der Waals surface area contributed by atoms with E-state index in [-0.39, 0.29) is 5.95 Å². The van der Waals surface area contributed by atoms with Crippen LogP contribution >= 0.6 is 0 Å². The summed E-state index contributed by atoms with van der Waals surface area (Å²) in [6.07, 6.45) is 1.13. The Balaban J connectivity index is 2.27. The van der Waals surface area contributed by atoms with Crippen LogP contribution < -0.4 is 10.6 Å². The van der Waals surface area contributed by atoms with E-state index in [1.807, 2.05) is 4.90 Å². The van der Waals surface area contributed by atoms with E-state index < -0.39 is 5.82 Å². The lowest BCUT2D eigenvalue weighted by Crippen LogP contribution is -2.22. The first-order valence-electron chi connectivity index (χ1n) is 5.11. The summed E-state index contributed by atoms with van der Waals surface area (Å²) in [5.41, 5.74) is 5.45. The second-order valence-corrected chi connectivity index (χ2v) is 4.26. The Bertz CT molecular complexity index is 358. The summed E-state index contributed by atoms with van der Waals surface area (Å²) in [7, 11) is 0. The molecule has 2 unspecified atom stereocenters. The summed E-state index contributed by atoms with van der Waals surface area (Å²) in [5, 5.41) is 0. The Kier molecular flexibility index (Phi) is 2.46. The number of aromatic nitrogens is 2. The molecule has 1 aliphatic heterocycles. The van der Waals surface area contributed by atoms with Crippen molar-refractivity contribution in [1.29, 1.82) is 0 Å². The molecule has 0 bridgehead atoms. The molecule has 2 N–H and O–H groups in total. The molecule has 1 aromatic heterocycles. The average Bonchev–Trinajstić information content (AvgIpc) is 2.51. The van der Waals surface area contributed by atoms with Crippen molar-refractivity contribution in [2.45, 2.75) is 13.8 Å². The maximum atomic E-state index is 13.5. The van der Waals surface area contributed by atoms with Gasteiger partial charge in [0.05, 0.1) is 6.20 Å². The summed E-state index contributed by atoms with van der Waals surface area (Å²) < 4.78 is 13.5. The molecular weight excluding hydrogens is 195 g/mol. The molecule has 0 spiro atoms. The van der Waals surface area contributed by atoms with Gasteiger partial charge in [-0.25, -0.2) is 9.37 Å². The van der Waals surface area contributed by atoms with Crippen molar-refractivity contribution in [1.82, 2.24) is 9.97 Å². The molecule has 0 aromatic carbocycles. The third-order valence-electron chi connectivity index (χ3n) is 3.03. The van der Waals surface area contributed by atoms with E-state index in [1.165, 1.54) is 0 Å². The maximum Gasteiger partial charge on any atom is 0.222 e. The van der Waals surface area contributed by atoms with Crippen LogP contribution in [0.25, 0.3) is 0 Å². The maximum absolute atomic E-state index is 13.5. The van der Waals surface area contributed by atoms with Crippen LogP contribution in [0.4, 0.5) is 16.2 Å². The van der Waals surface area contributed by atoms with Crippen molar-refractivity contribution in [3.05, 3.63) is 12.0 Å². The summed E-state index contributed by atoms with van der Waals surface area (Å²) in [6.45, 7) is 5.98. The minimum absolute atomic E-state index is 0.124. The summed E-state index contributed by atoms with van der Waals surface area (Å²) in [6, 6.07) is 0. The van der Waals surface area contributed by atoms with Crippen LogP contribution in [0.5, 0.6) is 0 Å². The highest BCUT2D eigenvalue weighted by atomic mass is 19.1. The van der Waals surface area contributed by atoms with E-state index in [4.69, 9.17) is 5.73 Å². The third-order valence-corrected chi connectivity index (χ3v) is 3.03. The Hall–Kier alpha value is -1.39. The van der Waals surface area contributed by atoms with E-state index >= 15 is 0 Å². The first-order chi connectivity index (χ1) is 7.08. The molecule has 5 heteroatoms. The first-order valence-corrected chi connectivity index (χ1v) is 5.11. The number of rotatable bonds is 1. The van der Waals surface area contributed by atoms with Gasteiger partial charge in [-0.15, -0.1) is 0 Å². The van der Waals surface area contributed by atoms with Gasteiger partial charge in [0.2, 0.25) is 5.95 Å².